The van der Waals surface area contributed by atoms with Crippen LogP contribution in [0.2, 0.25) is 0 Å². The van der Waals surface area contributed by atoms with E-state index in [1.807, 2.05) is 0 Å². The van der Waals surface area contributed by atoms with Crippen molar-refractivity contribution in [1.29, 1.82) is 0 Å². The predicted molar refractivity (Wildman–Crippen MR) is 82.7 cm³/mol. The second-order valence-electron chi connectivity index (χ2n) is 8.26. The number of hydrogen-bond donors (Lipinski definition) is 1. The first-order valence-electron chi connectivity index (χ1n) is 8.97. The Hall–Kier alpha value is -0.630. The normalized spacial score (nSPS) is 46.1. The standard InChI is InChI=1S/C19H28O2/c1-19-9-8-16-15-6-4-14(21)10-12(15)2-5-17(16)18(19)7-3-13(19)11-20/h13,16-18,20H,2-11H2,1H3/t13-,16+,17+,18+,19+/m0/s1. The van der Waals surface area contributed by atoms with E-state index in [0.717, 1.165) is 37.0 Å². The molecule has 5 atom stereocenters. The summed E-state index contributed by atoms with van der Waals surface area (Å²) in [6.07, 6.45) is 10.2. The van der Waals surface area contributed by atoms with Crippen LogP contribution in [-0.2, 0) is 4.79 Å². The molecule has 21 heavy (non-hydrogen) atoms. The van der Waals surface area contributed by atoms with Crippen molar-refractivity contribution in [2.24, 2.45) is 29.1 Å². The van der Waals surface area contributed by atoms with Gasteiger partial charge in [0.2, 0.25) is 0 Å². The van der Waals surface area contributed by atoms with Crippen molar-refractivity contribution in [2.45, 2.75) is 64.7 Å². The Kier molecular flexibility index (Phi) is 3.29. The van der Waals surface area contributed by atoms with Gasteiger partial charge in [-0.1, -0.05) is 18.1 Å². The van der Waals surface area contributed by atoms with Crippen LogP contribution >= 0.6 is 0 Å². The lowest BCUT2D eigenvalue weighted by Gasteiger charge is -2.52. The highest BCUT2D eigenvalue weighted by Crippen LogP contribution is 2.62. The first kappa shape index (κ1) is 14.0. The van der Waals surface area contributed by atoms with Crippen LogP contribution in [-0.4, -0.2) is 17.5 Å². The second kappa shape index (κ2) is 4.94. The molecule has 116 valence electrons. The van der Waals surface area contributed by atoms with Crippen LogP contribution in [0, 0.1) is 29.1 Å². The Labute approximate surface area is 128 Å². The number of aliphatic hydroxyl groups is 1. The van der Waals surface area contributed by atoms with E-state index in [2.05, 4.69) is 6.92 Å². The molecule has 0 aromatic carbocycles. The second-order valence-corrected chi connectivity index (χ2v) is 8.26. The van der Waals surface area contributed by atoms with Crippen molar-refractivity contribution in [3.63, 3.8) is 0 Å². The van der Waals surface area contributed by atoms with Crippen molar-refractivity contribution < 1.29 is 9.90 Å². The molecule has 0 unspecified atom stereocenters. The summed E-state index contributed by atoms with van der Waals surface area (Å²) in [6.45, 7) is 2.84. The molecule has 0 heterocycles. The molecule has 0 bridgehead atoms. The number of hydrogen-bond acceptors (Lipinski definition) is 2. The zero-order chi connectivity index (χ0) is 14.6. The number of aliphatic hydroxyl groups excluding tert-OH is 1. The molecule has 4 aliphatic rings. The summed E-state index contributed by atoms with van der Waals surface area (Å²) in [4.78, 5) is 11.7. The van der Waals surface area contributed by atoms with Gasteiger partial charge in [-0.05, 0) is 74.0 Å². The SMILES string of the molecule is C[C@]12CC[C@@H]3C4=C(CC[C@H]3[C@H]1CC[C@H]2CO)CC(=O)CC4. The third kappa shape index (κ3) is 1.98. The molecule has 0 spiro atoms. The lowest BCUT2D eigenvalue weighted by molar-refractivity contribution is -0.119. The average Bonchev–Trinajstić information content (AvgIpc) is 2.83. The fourth-order valence-corrected chi connectivity index (χ4v) is 6.46. The van der Waals surface area contributed by atoms with Crippen molar-refractivity contribution in [3.05, 3.63) is 11.1 Å². The van der Waals surface area contributed by atoms with Crippen LogP contribution in [0.5, 0.6) is 0 Å². The van der Waals surface area contributed by atoms with Gasteiger partial charge in [0, 0.05) is 19.4 Å². The largest absolute Gasteiger partial charge is 0.396 e. The Bertz CT molecular complexity index is 492. The molecule has 0 aliphatic heterocycles. The van der Waals surface area contributed by atoms with Gasteiger partial charge in [0.15, 0.2) is 0 Å². The fraction of sp³-hybridized carbons (Fsp3) is 0.842. The molecule has 0 radical (unpaired) electrons. The summed E-state index contributed by atoms with van der Waals surface area (Å²) in [5.74, 6) is 3.44. The van der Waals surface area contributed by atoms with Crippen molar-refractivity contribution >= 4 is 5.78 Å². The van der Waals surface area contributed by atoms with Crippen LogP contribution in [0.25, 0.3) is 0 Å². The Morgan fingerprint density at radius 2 is 2.00 bits per heavy atom. The van der Waals surface area contributed by atoms with Gasteiger partial charge >= 0.3 is 0 Å². The minimum Gasteiger partial charge on any atom is -0.396 e. The molecule has 0 saturated heterocycles. The predicted octanol–water partition coefficient (Wildman–Crippen LogP) is 3.88. The fourth-order valence-electron chi connectivity index (χ4n) is 6.46. The number of rotatable bonds is 1. The third-order valence-electron chi connectivity index (χ3n) is 7.62. The van der Waals surface area contributed by atoms with E-state index in [9.17, 15) is 9.90 Å². The van der Waals surface area contributed by atoms with Gasteiger partial charge in [-0.15, -0.1) is 0 Å². The van der Waals surface area contributed by atoms with Crippen LogP contribution in [0.1, 0.15) is 64.7 Å². The zero-order valence-corrected chi connectivity index (χ0v) is 13.2. The number of carbonyl (C=O) groups excluding carboxylic acids is 1. The molecular weight excluding hydrogens is 260 g/mol. The lowest BCUT2D eigenvalue weighted by Crippen LogP contribution is -2.44. The van der Waals surface area contributed by atoms with E-state index in [-0.39, 0.29) is 0 Å². The Morgan fingerprint density at radius 1 is 1.14 bits per heavy atom. The molecule has 2 nitrogen and oxygen atoms in total. The van der Waals surface area contributed by atoms with Crippen molar-refractivity contribution in [2.75, 3.05) is 6.61 Å². The maximum atomic E-state index is 11.7. The molecule has 1 N–H and O–H groups in total. The maximum absolute atomic E-state index is 11.7. The van der Waals surface area contributed by atoms with Crippen LogP contribution in [0.15, 0.2) is 11.1 Å². The van der Waals surface area contributed by atoms with Gasteiger partial charge in [-0.2, -0.15) is 0 Å². The van der Waals surface area contributed by atoms with E-state index >= 15 is 0 Å². The van der Waals surface area contributed by atoms with E-state index in [4.69, 9.17) is 0 Å². The Balaban J connectivity index is 1.63. The highest BCUT2D eigenvalue weighted by Gasteiger charge is 2.54. The minimum atomic E-state index is 0.382. The topological polar surface area (TPSA) is 37.3 Å². The van der Waals surface area contributed by atoms with Gasteiger partial charge < -0.3 is 5.11 Å². The average molecular weight is 288 g/mol. The quantitative estimate of drug-likeness (QED) is 0.743. The first-order valence-corrected chi connectivity index (χ1v) is 8.97. The number of allylic oxidation sites excluding steroid dienone is 2. The van der Waals surface area contributed by atoms with Gasteiger partial charge in [0.05, 0.1) is 0 Å². The molecule has 2 fully saturated rings. The van der Waals surface area contributed by atoms with Crippen LogP contribution < -0.4 is 0 Å². The summed E-state index contributed by atoms with van der Waals surface area (Å²) in [5.41, 5.74) is 3.60. The third-order valence-corrected chi connectivity index (χ3v) is 7.62. The summed E-state index contributed by atoms with van der Waals surface area (Å²) >= 11 is 0. The molecule has 0 amide bonds. The molecule has 0 aromatic rings. The van der Waals surface area contributed by atoms with E-state index < -0.39 is 0 Å². The van der Waals surface area contributed by atoms with Crippen molar-refractivity contribution in [3.8, 4) is 0 Å². The van der Waals surface area contributed by atoms with Crippen LogP contribution in [0.4, 0.5) is 0 Å². The van der Waals surface area contributed by atoms with Gasteiger partial charge in [-0.25, -0.2) is 0 Å². The zero-order valence-electron chi connectivity index (χ0n) is 13.2. The van der Waals surface area contributed by atoms with Crippen LogP contribution in [0.3, 0.4) is 0 Å². The summed E-state index contributed by atoms with van der Waals surface area (Å²) < 4.78 is 0. The molecule has 4 rings (SSSR count). The monoisotopic (exact) mass is 288 g/mol. The molecule has 2 saturated carbocycles. The van der Waals surface area contributed by atoms with Gasteiger partial charge in [-0.3, -0.25) is 4.79 Å². The van der Waals surface area contributed by atoms with E-state index in [0.29, 0.717) is 23.7 Å². The first-order chi connectivity index (χ1) is 10.1. The summed E-state index contributed by atoms with van der Waals surface area (Å²) in [7, 11) is 0. The lowest BCUT2D eigenvalue weighted by atomic mass is 9.53. The van der Waals surface area contributed by atoms with Gasteiger partial charge in [0.25, 0.3) is 0 Å². The highest BCUT2D eigenvalue weighted by atomic mass is 16.3. The minimum absolute atomic E-state index is 0.382. The van der Waals surface area contributed by atoms with E-state index in [1.54, 1.807) is 5.57 Å². The van der Waals surface area contributed by atoms with Crippen molar-refractivity contribution in [1.82, 2.24) is 0 Å². The number of Topliss-reactive ketones (excluding diaryl/α,β-unsaturated/α-hetero) is 1. The smallest absolute Gasteiger partial charge is 0.137 e. The summed E-state index contributed by atoms with van der Waals surface area (Å²) in [5, 5.41) is 9.74. The van der Waals surface area contributed by atoms with E-state index in [1.165, 1.54) is 44.1 Å². The molecule has 0 aromatic heterocycles. The highest BCUT2D eigenvalue weighted by molar-refractivity contribution is 5.82. The molecule has 4 aliphatic carbocycles. The number of fused-ring (bicyclic) bond motifs is 4. The van der Waals surface area contributed by atoms with Gasteiger partial charge in [0.1, 0.15) is 5.78 Å². The molecule has 2 heteroatoms. The maximum Gasteiger partial charge on any atom is 0.137 e. The molecular formula is C19H28O2. The number of carbonyl (C=O) groups is 1. The number of ketones is 1. The Morgan fingerprint density at radius 3 is 2.81 bits per heavy atom. The summed E-state index contributed by atoms with van der Waals surface area (Å²) in [6, 6.07) is 0.